The molecule has 1 aromatic carbocycles. The molecule has 3 rings (SSSR count). The van der Waals surface area contributed by atoms with E-state index in [0.29, 0.717) is 11.5 Å². The second kappa shape index (κ2) is 8.05. The van der Waals surface area contributed by atoms with Gasteiger partial charge in [0.05, 0.1) is 0 Å². The first-order valence-corrected chi connectivity index (χ1v) is 10.2. The molecule has 0 aromatic heterocycles. The van der Waals surface area contributed by atoms with Gasteiger partial charge in [0.25, 0.3) is 0 Å². The fraction of sp³-hybridized carbons (Fsp3) is 0.652. The summed E-state index contributed by atoms with van der Waals surface area (Å²) in [5.41, 5.74) is 3.38. The molecular formula is C23H36N2. The summed E-state index contributed by atoms with van der Waals surface area (Å²) in [7, 11) is 0. The van der Waals surface area contributed by atoms with Crippen LogP contribution in [0.2, 0.25) is 0 Å². The van der Waals surface area contributed by atoms with E-state index < -0.39 is 0 Å². The average Bonchev–Trinajstić information content (AvgIpc) is 3.33. The van der Waals surface area contributed by atoms with Crippen LogP contribution in [0.4, 0.5) is 0 Å². The van der Waals surface area contributed by atoms with Crippen molar-refractivity contribution in [1.29, 1.82) is 0 Å². The Morgan fingerprint density at radius 2 is 1.84 bits per heavy atom. The minimum atomic E-state index is 0.417. The number of benzene rings is 1. The Kier molecular flexibility index (Phi) is 6.01. The van der Waals surface area contributed by atoms with Gasteiger partial charge in [0, 0.05) is 18.6 Å². The number of hydrogen-bond donors (Lipinski definition) is 1. The van der Waals surface area contributed by atoms with E-state index in [1.807, 2.05) is 0 Å². The minimum absolute atomic E-state index is 0.417. The van der Waals surface area contributed by atoms with E-state index in [-0.39, 0.29) is 0 Å². The number of nitrogens with one attached hydrogen (secondary N) is 1. The highest BCUT2D eigenvalue weighted by molar-refractivity contribution is 5.54. The zero-order valence-electron chi connectivity index (χ0n) is 16.6. The summed E-state index contributed by atoms with van der Waals surface area (Å²) in [6.07, 6.45) is 7.53. The molecule has 25 heavy (non-hydrogen) atoms. The van der Waals surface area contributed by atoms with Crippen LogP contribution in [-0.4, -0.2) is 36.6 Å². The number of likely N-dealkylation sites (tertiary alicyclic amines) is 1. The first-order chi connectivity index (χ1) is 11.9. The van der Waals surface area contributed by atoms with Crippen molar-refractivity contribution in [2.45, 2.75) is 65.5 Å². The van der Waals surface area contributed by atoms with Gasteiger partial charge < -0.3 is 10.2 Å². The lowest BCUT2D eigenvalue weighted by atomic mass is 9.94. The van der Waals surface area contributed by atoms with Gasteiger partial charge in [-0.1, -0.05) is 69.7 Å². The maximum atomic E-state index is 3.96. The van der Waals surface area contributed by atoms with Crippen molar-refractivity contribution in [2.24, 2.45) is 11.3 Å². The van der Waals surface area contributed by atoms with E-state index in [1.54, 1.807) is 5.57 Å². The van der Waals surface area contributed by atoms with E-state index >= 15 is 0 Å². The smallest absolute Gasteiger partial charge is 0.0142 e. The van der Waals surface area contributed by atoms with E-state index in [2.05, 4.69) is 74.3 Å². The molecule has 2 fully saturated rings. The van der Waals surface area contributed by atoms with Crippen LogP contribution in [0.3, 0.4) is 0 Å². The van der Waals surface area contributed by atoms with Crippen LogP contribution in [0.25, 0.3) is 6.08 Å². The monoisotopic (exact) mass is 340 g/mol. The lowest BCUT2D eigenvalue weighted by Gasteiger charge is -2.36. The second-order valence-corrected chi connectivity index (χ2v) is 9.21. The Labute approximate surface area is 154 Å². The quantitative estimate of drug-likeness (QED) is 0.786. The summed E-state index contributed by atoms with van der Waals surface area (Å²) in [6, 6.07) is 12.2. The molecule has 1 aromatic rings. The summed E-state index contributed by atoms with van der Waals surface area (Å²) >= 11 is 0. The molecule has 2 atom stereocenters. The van der Waals surface area contributed by atoms with Gasteiger partial charge in [-0.2, -0.15) is 0 Å². The summed E-state index contributed by atoms with van der Waals surface area (Å²) in [4.78, 5) is 2.65. The molecule has 1 saturated heterocycles. The standard InChI is InChI=1S/C23H36N2/c1-5-19(15-18-9-7-6-8-10-18)21-16-22(21)24-20-11-13-25(14-12-20)17-23(2,3)4/h6-10,15,20-22,24H,5,11-14,16-17H2,1-4H3/b19-15+/t21-,22+/m0/s1. The van der Waals surface area contributed by atoms with Gasteiger partial charge in [-0.15, -0.1) is 0 Å². The van der Waals surface area contributed by atoms with Crippen LogP contribution in [0.5, 0.6) is 0 Å². The minimum Gasteiger partial charge on any atom is -0.311 e. The fourth-order valence-electron chi connectivity index (χ4n) is 4.25. The highest BCUT2D eigenvalue weighted by Crippen LogP contribution is 2.40. The molecule has 1 aliphatic carbocycles. The van der Waals surface area contributed by atoms with E-state index in [0.717, 1.165) is 12.0 Å². The van der Waals surface area contributed by atoms with Crippen LogP contribution >= 0.6 is 0 Å². The number of nitrogens with zero attached hydrogens (tertiary/aromatic N) is 1. The molecule has 138 valence electrons. The Morgan fingerprint density at radius 1 is 1.16 bits per heavy atom. The number of hydrogen-bond acceptors (Lipinski definition) is 2. The molecule has 2 aliphatic rings. The lowest BCUT2D eigenvalue weighted by molar-refractivity contribution is 0.145. The SMILES string of the molecule is CC/C(=C\c1ccccc1)[C@@H]1C[C@H]1NC1CCN(CC(C)(C)C)CC1. The van der Waals surface area contributed by atoms with Gasteiger partial charge in [-0.05, 0) is 55.7 Å². The molecule has 1 saturated carbocycles. The molecule has 2 heteroatoms. The lowest BCUT2D eigenvalue weighted by Crippen LogP contribution is -2.45. The molecule has 1 N–H and O–H groups in total. The maximum Gasteiger partial charge on any atom is 0.0142 e. The first kappa shape index (κ1) is 18.7. The summed E-state index contributed by atoms with van der Waals surface area (Å²) in [6.45, 7) is 13.1. The zero-order chi connectivity index (χ0) is 17.9. The van der Waals surface area contributed by atoms with Crippen molar-refractivity contribution < 1.29 is 0 Å². The van der Waals surface area contributed by atoms with Crippen LogP contribution in [-0.2, 0) is 0 Å². The Morgan fingerprint density at radius 3 is 2.44 bits per heavy atom. The van der Waals surface area contributed by atoms with Gasteiger partial charge in [-0.3, -0.25) is 0 Å². The highest BCUT2D eigenvalue weighted by atomic mass is 15.2. The van der Waals surface area contributed by atoms with Crippen molar-refractivity contribution in [3.05, 3.63) is 41.5 Å². The van der Waals surface area contributed by atoms with Crippen molar-refractivity contribution in [3.8, 4) is 0 Å². The Bertz CT molecular complexity index is 562. The third-order valence-corrected chi connectivity index (χ3v) is 5.56. The van der Waals surface area contributed by atoms with Gasteiger partial charge in [-0.25, -0.2) is 0 Å². The molecule has 0 radical (unpaired) electrons. The van der Waals surface area contributed by atoms with E-state index in [4.69, 9.17) is 0 Å². The predicted molar refractivity (Wildman–Crippen MR) is 109 cm³/mol. The van der Waals surface area contributed by atoms with Crippen LogP contribution in [0, 0.1) is 11.3 Å². The summed E-state index contributed by atoms with van der Waals surface area (Å²) in [5, 5.41) is 3.96. The van der Waals surface area contributed by atoms with Crippen molar-refractivity contribution in [3.63, 3.8) is 0 Å². The van der Waals surface area contributed by atoms with Crippen LogP contribution in [0.1, 0.15) is 58.9 Å². The zero-order valence-corrected chi connectivity index (χ0v) is 16.6. The third kappa shape index (κ3) is 5.69. The van der Waals surface area contributed by atoms with Gasteiger partial charge >= 0.3 is 0 Å². The second-order valence-electron chi connectivity index (χ2n) is 9.21. The van der Waals surface area contributed by atoms with Crippen molar-refractivity contribution in [2.75, 3.05) is 19.6 Å². The molecule has 0 spiro atoms. The van der Waals surface area contributed by atoms with Crippen LogP contribution < -0.4 is 5.32 Å². The Balaban J connectivity index is 1.46. The molecule has 0 amide bonds. The molecule has 0 bridgehead atoms. The van der Waals surface area contributed by atoms with Crippen molar-refractivity contribution >= 4 is 6.08 Å². The van der Waals surface area contributed by atoms with Crippen molar-refractivity contribution in [1.82, 2.24) is 10.2 Å². The summed E-state index contributed by atoms with van der Waals surface area (Å²) < 4.78 is 0. The number of rotatable bonds is 6. The molecular weight excluding hydrogens is 304 g/mol. The summed E-state index contributed by atoms with van der Waals surface area (Å²) in [5.74, 6) is 0.762. The molecule has 2 nitrogen and oxygen atoms in total. The average molecular weight is 341 g/mol. The third-order valence-electron chi connectivity index (χ3n) is 5.56. The first-order valence-electron chi connectivity index (χ1n) is 10.2. The molecule has 0 unspecified atom stereocenters. The van der Waals surface area contributed by atoms with Gasteiger partial charge in [0.15, 0.2) is 0 Å². The Hall–Kier alpha value is -1.12. The van der Waals surface area contributed by atoms with E-state index in [1.165, 1.54) is 50.9 Å². The van der Waals surface area contributed by atoms with Crippen LogP contribution in [0.15, 0.2) is 35.9 Å². The molecule has 1 aliphatic heterocycles. The highest BCUT2D eigenvalue weighted by Gasteiger charge is 2.40. The largest absolute Gasteiger partial charge is 0.311 e. The maximum absolute atomic E-state index is 3.96. The van der Waals surface area contributed by atoms with Gasteiger partial charge in [0.2, 0.25) is 0 Å². The predicted octanol–water partition coefficient (Wildman–Crippen LogP) is 4.97. The topological polar surface area (TPSA) is 15.3 Å². The van der Waals surface area contributed by atoms with E-state index in [9.17, 15) is 0 Å². The van der Waals surface area contributed by atoms with Gasteiger partial charge in [0.1, 0.15) is 0 Å². The fourth-order valence-corrected chi connectivity index (χ4v) is 4.25. The normalized spacial score (nSPS) is 26.0. The molecule has 1 heterocycles. The number of piperidine rings is 1.